The molecule has 1 saturated heterocycles. The molecule has 1 atom stereocenters. The van der Waals surface area contributed by atoms with E-state index in [1.54, 1.807) is 17.0 Å². The lowest BCUT2D eigenvalue weighted by atomic mass is 10.1. The molecule has 5 nitrogen and oxygen atoms in total. The van der Waals surface area contributed by atoms with E-state index in [0.29, 0.717) is 24.8 Å². The summed E-state index contributed by atoms with van der Waals surface area (Å²) in [5.41, 5.74) is 1.72. The van der Waals surface area contributed by atoms with Crippen LogP contribution in [0.2, 0.25) is 0 Å². The van der Waals surface area contributed by atoms with Crippen LogP contribution >= 0.6 is 0 Å². The zero-order valence-corrected chi connectivity index (χ0v) is 14.1. The van der Waals surface area contributed by atoms with Crippen LogP contribution < -0.4 is 0 Å². The molecule has 0 radical (unpaired) electrons. The summed E-state index contributed by atoms with van der Waals surface area (Å²) in [6.07, 6.45) is 1.07. The van der Waals surface area contributed by atoms with Gasteiger partial charge in [0.1, 0.15) is 5.82 Å². The van der Waals surface area contributed by atoms with Gasteiger partial charge in [-0.3, -0.25) is 4.79 Å². The predicted octanol–water partition coefficient (Wildman–Crippen LogP) is 3.43. The highest BCUT2D eigenvalue weighted by Crippen LogP contribution is 2.28. The first-order valence-corrected chi connectivity index (χ1v) is 8.60. The Morgan fingerprint density at radius 2 is 1.92 bits per heavy atom. The normalized spacial score (nSPS) is 16.8. The van der Waals surface area contributed by atoms with E-state index in [1.807, 2.05) is 30.3 Å². The second-order valence-electron chi connectivity index (χ2n) is 6.45. The van der Waals surface area contributed by atoms with Gasteiger partial charge in [0.2, 0.25) is 17.6 Å². The average Bonchev–Trinajstić information content (AvgIpc) is 3.34. The Kier molecular flexibility index (Phi) is 4.48. The molecule has 2 aromatic carbocycles. The highest BCUT2D eigenvalue weighted by atomic mass is 19.1. The molecule has 26 heavy (non-hydrogen) atoms. The van der Waals surface area contributed by atoms with Crippen molar-refractivity contribution in [1.82, 2.24) is 15.0 Å². The van der Waals surface area contributed by atoms with E-state index in [0.717, 1.165) is 17.5 Å². The van der Waals surface area contributed by atoms with Crippen LogP contribution in [0.1, 0.15) is 23.8 Å². The summed E-state index contributed by atoms with van der Waals surface area (Å²) in [5, 5.41) is 4.05. The zero-order valence-electron chi connectivity index (χ0n) is 14.1. The van der Waals surface area contributed by atoms with E-state index in [2.05, 4.69) is 10.1 Å². The van der Waals surface area contributed by atoms with E-state index in [1.165, 1.54) is 12.1 Å². The number of rotatable bonds is 4. The fraction of sp³-hybridized carbons (Fsp3) is 0.250. The molecule has 0 bridgehead atoms. The third-order valence-electron chi connectivity index (χ3n) is 4.63. The van der Waals surface area contributed by atoms with Crippen LogP contribution in [0.5, 0.6) is 0 Å². The molecule has 0 N–H and O–H groups in total. The highest BCUT2D eigenvalue weighted by Gasteiger charge is 2.31. The smallest absolute Gasteiger partial charge is 0.231 e. The molecule has 1 amide bonds. The van der Waals surface area contributed by atoms with Crippen LogP contribution in [-0.2, 0) is 11.2 Å². The van der Waals surface area contributed by atoms with Gasteiger partial charge in [-0.25, -0.2) is 4.39 Å². The maximum absolute atomic E-state index is 13.0. The first kappa shape index (κ1) is 16.4. The van der Waals surface area contributed by atoms with E-state index in [-0.39, 0.29) is 24.1 Å². The molecule has 1 aliphatic heterocycles. The molecule has 2 heterocycles. The van der Waals surface area contributed by atoms with Crippen molar-refractivity contribution in [3.05, 3.63) is 71.9 Å². The molecule has 1 aromatic heterocycles. The summed E-state index contributed by atoms with van der Waals surface area (Å²) in [4.78, 5) is 18.8. The quantitative estimate of drug-likeness (QED) is 0.722. The van der Waals surface area contributed by atoms with Gasteiger partial charge in [-0.05, 0) is 24.1 Å². The maximum Gasteiger partial charge on any atom is 0.231 e. The van der Waals surface area contributed by atoms with E-state index < -0.39 is 0 Å². The summed E-state index contributed by atoms with van der Waals surface area (Å²) >= 11 is 0. The minimum Gasteiger partial charge on any atom is -0.342 e. The fourth-order valence-electron chi connectivity index (χ4n) is 3.18. The lowest BCUT2D eigenvalue weighted by Crippen LogP contribution is -2.29. The number of hydrogen-bond donors (Lipinski definition) is 0. The van der Waals surface area contributed by atoms with Gasteiger partial charge in [-0.1, -0.05) is 47.6 Å². The summed E-state index contributed by atoms with van der Waals surface area (Å²) in [6, 6.07) is 15.7. The third-order valence-corrected chi connectivity index (χ3v) is 4.63. The van der Waals surface area contributed by atoms with Gasteiger partial charge < -0.3 is 9.42 Å². The molecule has 0 aliphatic carbocycles. The Bertz CT molecular complexity index is 893. The van der Waals surface area contributed by atoms with Gasteiger partial charge in [-0.2, -0.15) is 4.98 Å². The number of carbonyl (C=O) groups is 1. The number of hydrogen-bond acceptors (Lipinski definition) is 4. The van der Waals surface area contributed by atoms with E-state index >= 15 is 0 Å². The summed E-state index contributed by atoms with van der Waals surface area (Å²) in [7, 11) is 0. The van der Waals surface area contributed by atoms with Gasteiger partial charge in [0.05, 0.1) is 12.3 Å². The Labute approximate surface area is 150 Å². The molecule has 6 heteroatoms. The highest BCUT2D eigenvalue weighted by molar-refractivity contribution is 5.79. The number of aromatic nitrogens is 2. The molecular weight excluding hydrogens is 333 g/mol. The van der Waals surface area contributed by atoms with Crippen molar-refractivity contribution in [1.29, 1.82) is 0 Å². The van der Waals surface area contributed by atoms with Crippen molar-refractivity contribution in [3.63, 3.8) is 0 Å². The fourth-order valence-corrected chi connectivity index (χ4v) is 3.18. The predicted molar refractivity (Wildman–Crippen MR) is 93.8 cm³/mol. The maximum atomic E-state index is 13.0. The Balaban J connectivity index is 1.40. The molecule has 1 aliphatic rings. The third kappa shape index (κ3) is 3.49. The van der Waals surface area contributed by atoms with Gasteiger partial charge in [0.15, 0.2) is 0 Å². The van der Waals surface area contributed by atoms with Crippen LogP contribution in [0, 0.1) is 5.82 Å². The summed E-state index contributed by atoms with van der Waals surface area (Å²) in [6.45, 7) is 1.23. The van der Waals surface area contributed by atoms with Crippen LogP contribution in [-0.4, -0.2) is 34.0 Å². The van der Waals surface area contributed by atoms with Crippen LogP contribution in [0.4, 0.5) is 4.39 Å². The monoisotopic (exact) mass is 351 g/mol. The Morgan fingerprint density at radius 1 is 1.15 bits per heavy atom. The molecule has 0 spiro atoms. The van der Waals surface area contributed by atoms with Crippen molar-refractivity contribution in [2.24, 2.45) is 0 Å². The minimum atomic E-state index is -0.298. The molecule has 1 fully saturated rings. The van der Waals surface area contributed by atoms with Gasteiger partial charge in [0.25, 0.3) is 0 Å². The zero-order chi connectivity index (χ0) is 17.9. The lowest BCUT2D eigenvalue weighted by Gasteiger charge is -2.15. The first-order chi connectivity index (χ1) is 12.7. The number of amides is 1. The van der Waals surface area contributed by atoms with Crippen LogP contribution in [0.3, 0.4) is 0 Å². The number of halogens is 1. The SMILES string of the molecule is O=C(Cc1ccc(F)cc1)N1CC[C@H](c2nc(-c3ccccc3)no2)C1. The van der Waals surface area contributed by atoms with Crippen LogP contribution in [0.25, 0.3) is 11.4 Å². The Morgan fingerprint density at radius 3 is 2.69 bits per heavy atom. The second-order valence-corrected chi connectivity index (χ2v) is 6.45. The van der Waals surface area contributed by atoms with Crippen molar-refractivity contribution in [3.8, 4) is 11.4 Å². The van der Waals surface area contributed by atoms with Gasteiger partial charge >= 0.3 is 0 Å². The van der Waals surface area contributed by atoms with Gasteiger partial charge in [-0.15, -0.1) is 0 Å². The molecule has 132 valence electrons. The first-order valence-electron chi connectivity index (χ1n) is 8.60. The van der Waals surface area contributed by atoms with Crippen molar-refractivity contribution in [2.75, 3.05) is 13.1 Å². The van der Waals surface area contributed by atoms with Gasteiger partial charge in [0, 0.05) is 18.7 Å². The van der Waals surface area contributed by atoms with Crippen LogP contribution in [0.15, 0.2) is 59.1 Å². The molecular formula is C20H18FN3O2. The molecule has 0 saturated carbocycles. The summed E-state index contributed by atoms with van der Waals surface area (Å²) in [5.74, 6) is 0.921. The number of nitrogens with zero attached hydrogens (tertiary/aromatic N) is 3. The molecule has 0 unspecified atom stereocenters. The molecule has 3 aromatic rings. The summed E-state index contributed by atoms with van der Waals surface area (Å²) < 4.78 is 18.4. The second kappa shape index (κ2) is 7.07. The number of likely N-dealkylation sites (tertiary alicyclic amines) is 1. The number of carbonyl (C=O) groups excluding carboxylic acids is 1. The largest absolute Gasteiger partial charge is 0.342 e. The van der Waals surface area contributed by atoms with E-state index in [9.17, 15) is 9.18 Å². The standard InChI is InChI=1S/C20H18FN3O2/c21-17-8-6-14(7-9-17)12-18(25)24-11-10-16(13-24)20-22-19(23-26-20)15-4-2-1-3-5-15/h1-9,16H,10-13H2/t16-/m0/s1. The van der Waals surface area contributed by atoms with E-state index in [4.69, 9.17) is 4.52 Å². The number of benzene rings is 2. The minimum absolute atomic E-state index is 0.0295. The Hall–Kier alpha value is -3.02. The van der Waals surface area contributed by atoms with Crippen molar-refractivity contribution in [2.45, 2.75) is 18.8 Å². The lowest BCUT2D eigenvalue weighted by molar-refractivity contribution is -0.129. The molecule has 4 rings (SSSR count). The topological polar surface area (TPSA) is 59.2 Å². The van der Waals surface area contributed by atoms with Crippen molar-refractivity contribution < 1.29 is 13.7 Å². The van der Waals surface area contributed by atoms with Crippen molar-refractivity contribution >= 4 is 5.91 Å². The average molecular weight is 351 g/mol.